The molecule has 1 unspecified atom stereocenters. The van der Waals surface area contributed by atoms with E-state index in [0.29, 0.717) is 6.54 Å². The summed E-state index contributed by atoms with van der Waals surface area (Å²) in [4.78, 5) is 16.9. The van der Waals surface area contributed by atoms with Gasteiger partial charge >= 0.3 is 0 Å². The van der Waals surface area contributed by atoms with Crippen LogP contribution >= 0.6 is 0 Å². The zero-order chi connectivity index (χ0) is 16.8. The molecule has 1 aliphatic rings. The number of amides is 1. The quantitative estimate of drug-likeness (QED) is 0.818. The Kier molecular flexibility index (Phi) is 5.64. The summed E-state index contributed by atoms with van der Waals surface area (Å²) in [6.45, 7) is 2.92. The molecule has 1 fully saturated rings. The number of likely N-dealkylation sites (N-methyl/N-ethyl adjacent to an activating group) is 1. The average Bonchev–Trinajstić information content (AvgIpc) is 3.09. The molecule has 1 aromatic heterocycles. The van der Waals surface area contributed by atoms with Crippen LogP contribution < -0.4 is 0 Å². The van der Waals surface area contributed by atoms with Crippen molar-refractivity contribution in [2.75, 3.05) is 20.1 Å². The zero-order valence-electron chi connectivity index (χ0n) is 14.3. The summed E-state index contributed by atoms with van der Waals surface area (Å²) >= 11 is 0. The summed E-state index contributed by atoms with van der Waals surface area (Å²) in [6.07, 6.45) is 7.12. The largest absolute Gasteiger partial charge is 0.337 e. The predicted molar refractivity (Wildman–Crippen MR) is 94.4 cm³/mol. The first-order chi connectivity index (χ1) is 11.7. The molecule has 1 aromatic carbocycles. The van der Waals surface area contributed by atoms with E-state index in [1.165, 1.54) is 12.0 Å². The third kappa shape index (κ3) is 4.45. The van der Waals surface area contributed by atoms with Crippen LogP contribution in [0, 0.1) is 0 Å². The zero-order valence-corrected chi connectivity index (χ0v) is 14.3. The van der Waals surface area contributed by atoms with Crippen molar-refractivity contribution in [3.8, 4) is 0 Å². The fourth-order valence-corrected chi connectivity index (χ4v) is 3.42. The molecule has 0 spiro atoms. The number of carbonyl (C=O) groups excluding carboxylic acids is 1. The van der Waals surface area contributed by atoms with E-state index in [-0.39, 0.29) is 11.9 Å². The summed E-state index contributed by atoms with van der Waals surface area (Å²) < 4.78 is 1.93. The molecule has 1 atom stereocenters. The summed E-state index contributed by atoms with van der Waals surface area (Å²) in [6, 6.07) is 12.5. The standard InChI is InChI=1S/C19H26N4O/c1-21(14-17-8-3-2-4-9-17)16-19(24)23-13-6-5-10-18(23)15-22-12-7-11-20-22/h2-4,7-9,11-12,18H,5-6,10,13-16H2,1H3. The van der Waals surface area contributed by atoms with Gasteiger partial charge in [0.25, 0.3) is 0 Å². The fourth-order valence-electron chi connectivity index (χ4n) is 3.42. The topological polar surface area (TPSA) is 41.4 Å². The van der Waals surface area contributed by atoms with Crippen molar-refractivity contribution in [2.45, 2.75) is 38.4 Å². The molecular formula is C19H26N4O. The molecule has 0 radical (unpaired) electrons. The van der Waals surface area contributed by atoms with Crippen LogP contribution in [0.5, 0.6) is 0 Å². The number of nitrogens with zero attached hydrogens (tertiary/aromatic N) is 4. The molecule has 1 amide bonds. The van der Waals surface area contributed by atoms with Crippen LogP contribution in [0.4, 0.5) is 0 Å². The van der Waals surface area contributed by atoms with Gasteiger partial charge < -0.3 is 4.90 Å². The van der Waals surface area contributed by atoms with Gasteiger partial charge in [-0.15, -0.1) is 0 Å². The van der Waals surface area contributed by atoms with Crippen LogP contribution in [0.15, 0.2) is 48.8 Å². The fraction of sp³-hybridized carbons (Fsp3) is 0.474. The number of piperidine rings is 1. The molecule has 1 aliphatic heterocycles. The first-order valence-corrected chi connectivity index (χ1v) is 8.72. The molecule has 3 rings (SSSR count). The van der Waals surface area contributed by atoms with E-state index in [1.807, 2.05) is 42.2 Å². The van der Waals surface area contributed by atoms with Gasteiger partial charge in [-0.1, -0.05) is 30.3 Å². The number of hydrogen-bond donors (Lipinski definition) is 0. The minimum atomic E-state index is 0.227. The minimum Gasteiger partial charge on any atom is -0.337 e. The Hall–Kier alpha value is -2.14. The Labute approximate surface area is 143 Å². The second-order valence-corrected chi connectivity index (χ2v) is 6.62. The normalized spacial score (nSPS) is 18.1. The highest BCUT2D eigenvalue weighted by atomic mass is 16.2. The summed E-state index contributed by atoms with van der Waals surface area (Å²) in [5, 5.41) is 4.29. The Balaban J connectivity index is 1.57. The van der Waals surface area contributed by atoms with E-state index in [9.17, 15) is 4.79 Å². The second-order valence-electron chi connectivity index (χ2n) is 6.62. The molecule has 128 valence electrons. The Bertz CT molecular complexity index is 626. The van der Waals surface area contributed by atoms with Crippen molar-refractivity contribution < 1.29 is 4.79 Å². The summed E-state index contributed by atoms with van der Waals surface area (Å²) in [7, 11) is 2.01. The highest BCUT2D eigenvalue weighted by molar-refractivity contribution is 5.78. The van der Waals surface area contributed by atoms with Crippen LogP contribution in [0.2, 0.25) is 0 Å². The van der Waals surface area contributed by atoms with Gasteiger partial charge in [0.15, 0.2) is 0 Å². The van der Waals surface area contributed by atoms with Crippen molar-refractivity contribution in [1.29, 1.82) is 0 Å². The van der Waals surface area contributed by atoms with Gasteiger partial charge in [-0.3, -0.25) is 14.4 Å². The first kappa shape index (κ1) is 16.7. The van der Waals surface area contributed by atoms with Gasteiger partial charge in [0.2, 0.25) is 5.91 Å². The van der Waals surface area contributed by atoms with E-state index < -0.39 is 0 Å². The lowest BCUT2D eigenvalue weighted by Gasteiger charge is -2.36. The maximum absolute atomic E-state index is 12.8. The first-order valence-electron chi connectivity index (χ1n) is 8.72. The third-order valence-corrected chi connectivity index (χ3v) is 4.60. The molecule has 2 aromatic rings. The number of hydrogen-bond acceptors (Lipinski definition) is 3. The van der Waals surface area contributed by atoms with Crippen LogP contribution in [-0.2, 0) is 17.9 Å². The number of carbonyl (C=O) groups is 1. The lowest BCUT2D eigenvalue weighted by atomic mass is 10.0. The van der Waals surface area contributed by atoms with Gasteiger partial charge in [-0.2, -0.15) is 5.10 Å². The molecule has 2 heterocycles. The lowest BCUT2D eigenvalue weighted by Crippen LogP contribution is -2.49. The molecule has 0 N–H and O–H groups in total. The maximum Gasteiger partial charge on any atom is 0.237 e. The van der Waals surface area contributed by atoms with E-state index in [2.05, 4.69) is 27.0 Å². The number of likely N-dealkylation sites (tertiary alicyclic amines) is 1. The molecule has 1 saturated heterocycles. The monoisotopic (exact) mass is 326 g/mol. The number of benzene rings is 1. The maximum atomic E-state index is 12.8. The molecule has 24 heavy (non-hydrogen) atoms. The predicted octanol–water partition coefficient (Wildman–Crippen LogP) is 2.40. The summed E-state index contributed by atoms with van der Waals surface area (Å²) in [5.74, 6) is 0.227. The van der Waals surface area contributed by atoms with Crippen molar-refractivity contribution in [3.63, 3.8) is 0 Å². The Morgan fingerprint density at radius 3 is 2.83 bits per heavy atom. The van der Waals surface area contributed by atoms with Crippen molar-refractivity contribution in [2.24, 2.45) is 0 Å². The molecular weight excluding hydrogens is 300 g/mol. The van der Waals surface area contributed by atoms with Gasteiger partial charge in [0, 0.05) is 25.5 Å². The smallest absolute Gasteiger partial charge is 0.237 e. The third-order valence-electron chi connectivity index (χ3n) is 4.60. The highest BCUT2D eigenvalue weighted by Crippen LogP contribution is 2.19. The van der Waals surface area contributed by atoms with Gasteiger partial charge in [0.05, 0.1) is 19.1 Å². The van der Waals surface area contributed by atoms with E-state index in [0.717, 1.165) is 32.5 Å². The van der Waals surface area contributed by atoms with Crippen LogP contribution in [0.3, 0.4) is 0 Å². The van der Waals surface area contributed by atoms with Crippen LogP contribution in [0.25, 0.3) is 0 Å². The number of aromatic nitrogens is 2. The molecule has 0 bridgehead atoms. The van der Waals surface area contributed by atoms with Crippen molar-refractivity contribution >= 4 is 5.91 Å². The Morgan fingerprint density at radius 2 is 2.08 bits per heavy atom. The summed E-state index contributed by atoms with van der Waals surface area (Å²) in [5.41, 5.74) is 1.24. The van der Waals surface area contributed by atoms with Crippen LogP contribution in [0.1, 0.15) is 24.8 Å². The van der Waals surface area contributed by atoms with Gasteiger partial charge in [0.1, 0.15) is 0 Å². The highest BCUT2D eigenvalue weighted by Gasteiger charge is 2.27. The SMILES string of the molecule is CN(CC(=O)N1CCCCC1Cn1cccn1)Cc1ccccc1. The number of rotatable bonds is 6. The van der Waals surface area contributed by atoms with Gasteiger partial charge in [-0.25, -0.2) is 0 Å². The van der Waals surface area contributed by atoms with E-state index in [1.54, 1.807) is 6.20 Å². The van der Waals surface area contributed by atoms with E-state index in [4.69, 9.17) is 0 Å². The Morgan fingerprint density at radius 1 is 1.25 bits per heavy atom. The lowest BCUT2D eigenvalue weighted by molar-refractivity contribution is -0.136. The van der Waals surface area contributed by atoms with Gasteiger partial charge in [-0.05, 0) is 37.9 Å². The second kappa shape index (κ2) is 8.11. The molecule has 5 heteroatoms. The molecule has 0 aliphatic carbocycles. The van der Waals surface area contributed by atoms with E-state index >= 15 is 0 Å². The van der Waals surface area contributed by atoms with Crippen molar-refractivity contribution in [1.82, 2.24) is 19.6 Å². The van der Waals surface area contributed by atoms with Crippen molar-refractivity contribution in [3.05, 3.63) is 54.4 Å². The minimum absolute atomic E-state index is 0.227. The molecule has 0 saturated carbocycles. The average molecular weight is 326 g/mol. The van der Waals surface area contributed by atoms with Crippen LogP contribution in [-0.4, -0.2) is 51.7 Å². The molecule has 5 nitrogen and oxygen atoms in total.